The van der Waals surface area contributed by atoms with Gasteiger partial charge in [0.1, 0.15) is 0 Å². The second-order valence-electron chi connectivity index (χ2n) is 4.47. The number of anilines is 1. The normalized spacial score (nSPS) is 19.1. The number of nitrogens with one attached hydrogen (secondary N) is 1. The molecule has 9 heteroatoms. The number of thioether (sulfide) groups is 1. The lowest BCUT2D eigenvalue weighted by atomic mass is 10.2. The number of nitro benzene ring substituents is 1. The van der Waals surface area contributed by atoms with Crippen LogP contribution in [0.25, 0.3) is 0 Å². The fourth-order valence-electron chi connectivity index (χ4n) is 1.98. The lowest BCUT2D eigenvalue weighted by Crippen LogP contribution is -2.30. The Bertz CT molecular complexity index is 612. The number of nitrogen functional groups attached to an aromatic ring is 1. The van der Waals surface area contributed by atoms with Crippen molar-refractivity contribution in [3.05, 3.63) is 28.3 Å². The Balaban J connectivity index is 2.23. The van der Waals surface area contributed by atoms with Gasteiger partial charge in [-0.3, -0.25) is 10.1 Å². The molecular formula is C11H15N3O4S2. The first-order valence-electron chi connectivity index (χ1n) is 6.05. The zero-order valence-corrected chi connectivity index (χ0v) is 12.2. The highest BCUT2D eigenvalue weighted by molar-refractivity contribution is 8.00. The number of nitrogens with zero attached hydrogens (tertiary/aromatic N) is 1. The Morgan fingerprint density at radius 2 is 2.25 bits per heavy atom. The van der Waals surface area contributed by atoms with Crippen LogP contribution in [0.3, 0.4) is 0 Å². The molecule has 20 heavy (non-hydrogen) atoms. The molecule has 1 atom stereocenters. The van der Waals surface area contributed by atoms with Gasteiger partial charge in [-0.05, 0) is 30.7 Å². The third-order valence-corrected chi connectivity index (χ3v) is 5.85. The highest BCUT2D eigenvalue weighted by Gasteiger charge is 2.27. The SMILES string of the molecule is Nc1ccc([N+](=O)[O-])c(S(=O)(=O)NCC2CCCS2)c1. The molecule has 0 radical (unpaired) electrons. The Labute approximate surface area is 121 Å². The van der Waals surface area contributed by atoms with Crippen LogP contribution in [-0.4, -0.2) is 30.9 Å². The number of rotatable bonds is 5. The van der Waals surface area contributed by atoms with Crippen molar-refractivity contribution in [3.63, 3.8) is 0 Å². The minimum absolute atomic E-state index is 0.172. The summed E-state index contributed by atoms with van der Waals surface area (Å²) >= 11 is 1.71. The van der Waals surface area contributed by atoms with Gasteiger partial charge in [-0.1, -0.05) is 0 Å². The van der Waals surface area contributed by atoms with E-state index in [2.05, 4.69) is 4.72 Å². The molecule has 0 bridgehead atoms. The van der Waals surface area contributed by atoms with E-state index in [1.54, 1.807) is 11.8 Å². The van der Waals surface area contributed by atoms with E-state index >= 15 is 0 Å². The van der Waals surface area contributed by atoms with E-state index in [1.165, 1.54) is 6.07 Å². The van der Waals surface area contributed by atoms with Crippen molar-refractivity contribution in [2.24, 2.45) is 0 Å². The second kappa shape index (κ2) is 5.98. The summed E-state index contributed by atoms with van der Waals surface area (Å²) in [6, 6.07) is 3.53. The van der Waals surface area contributed by atoms with Gasteiger partial charge in [0.05, 0.1) is 4.92 Å². The molecule has 1 aromatic carbocycles. The van der Waals surface area contributed by atoms with E-state index in [-0.39, 0.29) is 22.4 Å². The van der Waals surface area contributed by atoms with Gasteiger partial charge in [-0.25, -0.2) is 13.1 Å². The van der Waals surface area contributed by atoms with Gasteiger partial charge >= 0.3 is 0 Å². The smallest absolute Gasteiger partial charge is 0.289 e. The molecule has 2 rings (SSSR count). The zero-order chi connectivity index (χ0) is 14.8. The summed E-state index contributed by atoms with van der Waals surface area (Å²) in [5.74, 6) is 1.02. The van der Waals surface area contributed by atoms with Crippen LogP contribution in [0.1, 0.15) is 12.8 Å². The van der Waals surface area contributed by atoms with Gasteiger partial charge in [0.2, 0.25) is 10.0 Å². The predicted molar refractivity (Wildman–Crippen MR) is 78.2 cm³/mol. The fourth-order valence-corrected chi connectivity index (χ4v) is 4.57. The molecule has 1 aliphatic heterocycles. The Hall–Kier alpha value is -1.32. The molecule has 1 saturated heterocycles. The van der Waals surface area contributed by atoms with Crippen molar-refractivity contribution in [2.75, 3.05) is 18.0 Å². The maximum Gasteiger partial charge on any atom is 0.289 e. The quantitative estimate of drug-likeness (QED) is 0.481. The number of sulfonamides is 1. The number of hydrogen-bond acceptors (Lipinski definition) is 6. The largest absolute Gasteiger partial charge is 0.399 e. The van der Waals surface area contributed by atoms with Gasteiger partial charge in [0.25, 0.3) is 5.69 Å². The Morgan fingerprint density at radius 1 is 1.50 bits per heavy atom. The number of hydrogen-bond donors (Lipinski definition) is 2. The van der Waals surface area contributed by atoms with Crippen LogP contribution >= 0.6 is 11.8 Å². The van der Waals surface area contributed by atoms with Crippen molar-refractivity contribution >= 4 is 33.2 Å². The van der Waals surface area contributed by atoms with Crippen LogP contribution in [0.2, 0.25) is 0 Å². The molecule has 3 N–H and O–H groups in total. The third-order valence-electron chi connectivity index (χ3n) is 3.00. The molecule has 1 aliphatic rings. The maximum atomic E-state index is 12.2. The van der Waals surface area contributed by atoms with Gasteiger partial charge < -0.3 is 5.73 Å². The summed E-state index contributed by atoms with van der Waals surface area (Å²) in [6.07, 6.45) is 2.02. The van der Waals surface area contributed by atoms with Crippen molar-refractivity contribution < 1.29 is 13.3 Å². The first-order valence-corrected chi connectivity index (χ1v) is 8.58. The summed E-state index contributed by atoms with van der Waals surface area (Å²) in [5, 5.41) is 11.1. The number of benzene rings is 1. The van der Waals surface area contributed by atoms with E-state index in [0.29, 0.717) is 0 Å². The minimum Gasteiger partial charge on any atom is -0.399 e. The van der Waals surface area contributed by atoms with Crippen LogP contribution in [0.5, 0.6) is 0 Å². The maximum absolute atomic E-state index is 12.2. The summed E-state index contributed by atoms with van der Waals surface area (Å²) in [4.78, 5) is 9.80. The molecular weight excluding hydrogens is 302 g/mol. The molecule has 1 fully saturated rings. The first kappa shape index (κ1) is 15.1. The number of nitrogens with two attached hydrogens (primary N) is 1. The molecule has 1 aromatic rings. The van der Waals surface area contributed by atoms with Crippen molar-refractivity contribution in [2.45, 2.75) is 23.0 Å². The standard InChI is InChI=1S/C11H15N3O4S2/c12-8-3-4-10(14(15)16)11(6-8)20(17,18)13-7-9-2-1-5-19-9/h3-4,6,9,13H,1-2,5,7,12H2. The van der Waals surface area contributed by atoms with E-state index in [9.17, 15) is 18.5 Å². The average Bonchev–Trinajstić information content (AvgIpc) is 2.89. The van der Waals surface area contributed by atoms with Gasteiger partial charge in [-0.2, -0.15) is 11.8 Å². The molecule has 110 valence electrons. The number of nitro groups is 1. The minimum atomic E-state index is -3.93. The topological polar surface area (TPSA) is 115 Å². The van der Waals surface area contributed by atoms with Gasteiger partial charge in [0, 0.05) is 23.5 Å². The zero-order valence-electron chi connectivity index (χ0n) is 10.6. The van der Waals surface area contributed by atoms with Crippen LogP contribution in [0, 0.1) is 10.1 Å². The first-order chi connectivity index (χ1) is 9.40. The van der Waals surface area contributed by atoms with E-state index < -0.39 is 20.6 Å². The lowest BCUT2D eigenvalue weighted by Gasteiger charge is -2.11. The van der Waals surface area contributed by atoms with Crippen molar-refractivity contribution in [3.8, 4) is 0 Å². The van der Waals surface area contributed by atoms with Crippen LogP contribution in [0.15, 0.2) is 23.1 Å². The van der Waals surface area contributed by atoms with Crippen LogP contribution in [-0.2, 0) is 10.0 Å². The molecule has 0 amide bonds. The Morgan fingerprint density at radius 3 is 2.85 bits per heavy atom. The van der Waals surface area contributed by atoms with E-state index in [1.807, 2.05) is 0 Å². The summed E-state index contributed by atoms with van der Waals surface area (Å²) in [5.41, 5.74) is 5.23. The van der Waals surface area contributed by atoms with Crippen molar-refractivity contribution in [1.29, 1.82) is 0 Å². The fraction of sp³-hybridized carbons (Fsp3) is 0.455. The molecule has 0 spiro atoms. The molecule has 0 saturated carbocycles. The Kier molecular flexibility index (Phi) is 4.51. The van der Waals surface area contributed by atoms with E-state index in [0.717, 1.165) is 30.7 Å². The molecule has 0 aliphatic carbocycles. The van der Waals surface area contributed by atoms with Crippen LogP contribution in [0.4, 0.5) is 11.4 Å². The summed E-state index contributed by atoms with van der Waals surface area (Å²) < 4.78 is 26.8. The summed E-state index contributed by atoms with van der Waals surface area (Å²) in [6.45, 7) is 0.277. The highest BCUT2D eigenvalue weighted by atomic mass is 32.2. The molecule has 1 heterocycles. The van der Waals surface area contributed by atoms with Crippen molar-refractivity contribution in [1.82, 2.24) is 4.72 Å². The second-order valence-corrected chi connectivity index (χ2v) is 7.61. The highest BCUT2D eigenvalue weighted by Crippen LogP contribution is 2.28. The van der Waals surface area contributed by atoms with Gasteiger partial charge in [-0.15, -0.1) is 0 Å². The predicted octanol–water partition coefficient (Wildman–Crippen LogP) is 1.35. The van der Waals surface area contributed by atoms with Gasteiger partial charge in [0.15, 0.2) is 4.90 Å². The molecule has 0 aromatic heterocycles. The monoisotopic (exact) mass is 317 g/mol. The summed E-state index contributed by atoms with van der Waals surface area (Å²) in [7, 11) is -3.93. The van der Waals surface area contributed by atoms with Crippen LogP contribution < -0.4 is 10.5 Å². The third kappa shape index (κ3) is 3.41. The molecule has 7 nitrogen and oxygen atoms in total. The lowest BCUT2D eigenvalue weighted by molar-refractivity contribution is -0.387. The van der Waals surface area contributed by atoms with E-state index in [4.69, 9.17) is 5.73 Å². The molecule has 1 unspecified atom stereocenters. The average molecular weight is 317 g/mol.